The van der Waals surface area contributed by atoms with Crippen molar-refractivity contribution in [1.29, 1.82) is 0 Å². The molecular formula is C15H21N3O3. The zero-order valence-corrected chi connectivity index (χ0v) is 12.1. The summed E-state index contributed by atoms with van der Waals surface area (Å²) in [4.78, 5) is 25.4. The number of likely N-dealkylation sites (N-methyl/N-ethyl adjacent to an activating group) is 1. The molecule has 2 atom stereocenters. The molecule has 1 aromatic carbocycles. The van der Waals surface area contributed by atoms with Crippen molar-refractivity contribution in [3.05, 3.63) is 35.9 Å². The SMILES string of the molecule is CN(Cc1ccccc1)C(=O)CNC(=O)C1CC(O)CN1. The van der Waals surface area contributed by atoms with Crippen LogP contribution in [0.2, 0.25) is 0 Å². The predicted molar refractivity (Wildman–Crippen MR) is 78.3 cm³/mol. The maximum atomic E-state index is 12.0. The summed E-state index contributed by atoms with van der Waals surface area (Å²) >= 11 is 0. The third-order valence-electron chi connectivity index (χ3n) is 3.53. The Hall–Kier alpha value is -1.92. The summed E-state index contributed by atoms with van der Waals surface area (Å²) in [5.41, 5.74) is 1.04. The predicted octanol–water partition coefficient (Wildman–Crippen LogP) is -0.516. The minimum Gasteiger partial charge on any atom is -0.392 e. The minimum absolute atomic E-state index is 0.0313. The topological polar surface area (TPSA) is 81.7 Å². The van der Waals surface area contributed by atoms with Gasteiger partial charge in [-0.25, -0.2) is 0 Å². The van der Waals surface area contributed by atoms with E-state index in [1.54, 1.807) is 11.9 Å². The first-order valence-corrected chi connectivity index (χ1v) is 7.03. The number of amides is 2. The molecule has 21 heavy (non-hydrogen) atoms. The standard InChI is InChI=1S/C15H21N3O3/c1-18(10-11-5-3-2-4-6-11)14(20)9-17-15(21)13-7-12(19)8-16-13/h2-6,12-13,16,19H,7-10H2,1H3,(H,17,21). The zero-order valence-electron chi connectivity index (χ0n) is 12.1. The highest BCUT2D eigenvalue weighted by molar-refractivity contribution is 5.87. The van der Waals surface area contributed by atoms with Crippen LogP contribution in [0.25, 0.3) is 0 Å². The molecule has 0 bridgehead atoms. The molecule has 2 amide bonds. The van der Waals surface area contributed by atoms with Crippen LogP contribution < -0.4 is 10.6 Å². The number of nitrogens with zero attached hydrogens (tertiary/aromatic N) is 1. The van der Waals surface area contributed by atoms with Crippen molar-refractivity contribution in [2.45, 2.75) is 25.1 Å². The quantitative estimate of drug-likeness (QED) is 0.682. The van der Waals surface area contributed by atoms with Crippen molar-refractivity contribution in [2.75, 3.05) is 20.1 Å². The third-order valence-corrected chi connectivity index (χ3v) is 3.53. The highest BCUT2D eigenvalue weighted by Gasteiger charge is 2.28. The van der Waals surface area contributed by atoms with E-state index in [-0.39, 0.29) is 18.4 Å². The number of carbonyl (C=O) groups is 2. The molecular weight excluding hydrogens is 270 g/mol. The van der Waals surface area contributed by atoms with Crippen molar-refractivity contribution in [3.63, 3.8) is 0 Å². The van der Waals surface area contributed by atoms with Gasteiger partial charge in [0, 0.05) is 20.1 Å². The van der Waals surface area contributed by atoms with Gasteiger partial charge >= 0.3 is 0 Å². The molecule has 2 rings (SSSR count). The number of β-amino-alcohol motifs (C(OH)–C–C–N with tert-alkyl or cyclic N) is 1. The van der Waals surface area contributed by atoms with Gasteiger partial charge in [-0.2, -0.15) is 0 Å². The summed E-state index contributed by atoms with van der Waals surface area (Å²) in [6.45, 7) is 0.895. The monoisotopic (exact) mass is 291 g/mol. The van der Waals surface area contributed by atoms with Crippen LogP contribution in [0.3, 0.4) is 0 Å². The largest absolute Gasteiger partial charge is 0.392 e. The van der Waals surface area contributed by atoms with Crippen molar-refractivity contribution in [3.8, 4) is 0 Å². The van der Waals surface area contributed by atoms with Crippen LogP contribution in [-0.4, -0.2) is 54.1 Å². The Morgan fingerprint density at radius 2 is 2.10 bits per heavy atom. The summed E-state index contributed by atoms with van der Waals surface area (Å²) in [6.07, 6.45) is -0.0999. The van der Waals surface area contributed by atoms with Crippen molar-refractivity contribution < 1.29 is 14.7 Å². The number of aliphatic hydroxyl groups is 1. The Morgan fingerprint density at radius 3 is 2.71 bits per heavy atom. The van der Waals surface area contributed by atoms with Gasteiger partial charge < -0.3 is 20.6 Å². The van der Waals surface area contributed by atoms with Crippen LogP contribution in [0, 0.1) is 0 Å². The van der Waals surface area contributed by atoms with Gasteiger partial charge in [0.25, 0.3) is 0 Å². The summed E-state index contributed by atoms with van der Waals surface area (Å²) in [5.74, 6) is -0.390. The van der Waals surface area contributed by atoms with Gasteiger partial charge in [0.1, 0.15) is 0 Å². The van der Waals surface area contributed by atoms with Crippen LogP contribution >= 0.6 is 0 Å². The van der Waals surface area contributed by atoms with E-state index in [2.05, 4.69) is 10.6 Å². The highest BCUT2D eigenvalue weighted by Crippen LogP contribution is 2.06. The van der Waals surface area contributed by atoms with Crippen LogP contribution in [0.15, 0.2) is 30.3 Å². The van der Waals surface area contributed by atoms with E-state index >= 15 is 0 Å². The fourth-order valence-corrected chi connectivity index (χ4v) is 2.28. The summed E-state index contributed by atoms with van der Waals surface area (Å²) in [7, 11) is 1.71. The van der Waals surface area contributed by atoms with Crippen LogP contribution in [0.5, 0.6) is 0 Å². The Kier molecular flexibility index (Phi) is 5.30. The van der Waals surface area contributed by atoms with Crippen LogP contribution in [0.4, 0.5) is 0 Å². The van der Waals surface area contributed by atoms with Gasteiger partial charge in [0.15, 0.2) is 0 Å². The van der Waals surface area contributed by atoms with E-state index in [1.807, 2.05) is 30.3 Å². The lowest BCUT2D eigenvalue weighted by molar-refractivity contribution is -0.132. The molecule has 1 saturated heterocycles. The van der Waals surface area contributed by atoms with E-state index < -0.39 is 12.1 Å². The second-order valence-corrected chi connectivity index (χ2v) is 5.30. The summed E-state index contributed by atoms with van der Waals surface area (Å²) < 4.78 is 0. The van der Waals surface area contributed by atoms with Crippen molar-refractivity contribution in [2.24, 2.45) is 0 Å². The second-order valence-electron chi connectivity index (χ2n) is 5.30. The van der Waals surface area contributed by atoms with E-state index in [1.165, 1.54) is 0 Å². The average Bonchev–Trinajstić information content (AvgIpc) is 2.92. The number of benzene rings is 1. The Bertz CT molecular complexity index is 492. The molecule has 1 aliphatic heterocycles. The number of hydrogen-bond acceptors (Lipinski definition) is 4. The van der Waals surface area contributed by atoms with E-state index in [4.69, 9.17) is 0 Å². The molecule has 114 valence electrons. The van der Waals surface area contributed by atoms with E-state index in [9.17, 15) is 14.7 Å². The van der Waals surface area contributed by atoms with Gasteiger partial charge in [-0.05, 0) is 12.0 Å². The first-order valence-electron chi connectivity index (χ1n) is 7.03. The molecule has 0 radical (unpaired) electrons. The van der Waals surface area contributed by atoms with Crippen molar-refractivity contribution >= 4 is 11.8 Å². The van der Waals surface area contributed by atoms with Crippen LogP contribution in [-0.2, 0) is 16.1 Å². The van der Waals surface area contributed by atoms with Crippen LogP contribution in [0.1, 0.15) is 12.0 Å². The zero-order chi connectivity index (χ0) is 15.2. The number of nitrogens with one attached hydrogen (secondary N) is 2. The molecule has 1 aliphatic rings. The maximum absolute atomic E-state index is 12.0. The number of hydrogen-bond donors (Lipinski definition) is 3. The lowest BCUT2D eigenvalue weighted by atomic mass is 10.2. The molecule has 0 aliphatic carbocycles. The second kappa shape index (κ2) is 7.19. The highest BCUT2D eigenvalue weighted by atomic mass is 16.3. The first-order chi connectivity index (χ1) is 10.1. The van der Waals surface area contributed by atoms with E-state index in [0.29, 0.717) is 19.5 Å². The number of rotatable bonds is 5. The van der Waals surface area contributed by atoms with Gasteiger partial charge in [-0.15, -0.1) is 0 Å². The van der Waals surface area contributed by atoms with E-state index in [0.717, 1.165) is 5.56 Å². The normalized spacial score (nSPS) is 21.0. The molecule has 1 fully saturated rings. The average molecular weight is 291 g/mol. The first kappa shape index (κ1) is 15.5. The molecule has 6 nitrogen and oxygen atoms in total. The Morgan fingerprint density at radius 1 is 1.38 bits per heavy atom. The van der Waals surface area contributed by atoms with Gasteiger partial charge in [0.05, 0.1) is 18.7 Å². The maximum Gasteiger partial charge on any atom is 0.242 e. The minimum atomic E-state index is -0.489. The molecule has 6 heteroatoms. The van der Waals surface area contributed by atoms with Gasteiger partial charge in [-0.1, -0.05) is 30.3 Å². The number of carbonyl (C=O) groups excluding carboxylic acids is 2. The molecule has 2 unspecified atom stereocenters. The lowest BCUT2D eigenvalue weighted by Crippen LogP contribution is -2.44. The summed E-state index contributed by atoms with van der Waals surface area (Å²) in [6, 6.07) is 9.26. The Labute approximate surface area is 124 Å². The molecule has 1 heterocycles. The van der Waals surface area contributed by atoms with Gasteiger partial charge in [-0.3, -0.25) is 9.59 Å². The molecule has 1 aromatic rings. The third kappa shape index (κ3) is 4.54. The molecule has 0 spiro atoms. The molecule has 3 N–H and O–H groups in total. The summed E-state index contributed by atoms with van der Waals surface area (Å²) in [5, 5.41) is 14.9. The van der Waals surface area contributed by atoms with Crippen molar-refractivity contribution in [1.82, 2.24) is 15.5 Å². The Balaban J connectivity index is 1.75. The fourth-order valence-electron chi connectivity index (χ4n) is 2.28. The lowest BCUT2D eigenvalue weighted by Gasteiger charge is -2.18. The molecule has 0 saturated carbocycles. The number of aliphatic hydroxyl groups excluding tert-OH is 1. The smallest absolute Gasteiger partial charge is 0.242 e. The molecule has 0 aromatic heterocycles. The van der Waals surface area contributed by atoms with Gasteiger partial charge in [0.2, 0.25) is 11.8 Å². The fraction of sp³-hybridized carbons (Fsp3) is 0.467.